The van der Waals surface area contributed by atoms with Crippen molar-refractivity contribution in [2.45, 2.75) is 32.6 Å². The van der Waals surface area contributed by atoms with E-state index in [0.717, 1.165) is 11.5 Å². The predicted octanol–water partition coefficient (Wildman–Crippen LogP) is 4.72. The topological polar surface area (TPSA) is 18.5 Å². The molecule has 23 heavy (non-hydrogen) atoms. The molecule has 0 amide bonds. The molecule has 0 saturated heterocycles. The summed E-state index contributed by atoms with van der Waals surface area (Å²) in [7, 11) is 3.12. The van der Waals surface area contributed by atoms with Crippen molar-refractivity contribution in [3.8, 4) is 11.5 Å². The number of hydrogen-bond acceptors (Lipinski definition) is 2. The molecule has 2 aromatic rings. The van der Waals surface area contributed by atoms with E-state index in [1.54, 1.807) is 14.2 Å². The van der Waals surface area contributed by atoms with Gasteiger partial charge in [0.1, 0.15) is 11.5 Å². The molecule has 0 aliphatic rings. The van der Waals surface area contributed by atoms with Crippen LogP contribution in [0.1, 0.15) is 32.6 Å². The van der Waals surface area contributed by atoms with E-state index in [4.69, 9.17) is 9.47 Å². The molecule has 0 saturated carbocycles. The van der Waals surface area contributed by atoms with E-state index in [9.17, 15) is 0 Å². The van der Waals surface area contributed by atoms with Crippen LogP contribution >= 0.6 is 7.92 Å². The fourth-order valence-electron chi connectivity index (χ4n) is 2.63. The first-order valence-electron chi connectivity index (χ1n) is 8.34. The maximum atomic E-state index is 5.29. The van der Waals surface area contributed by atoms with Gasteiger partial charge in [0, 0.05) is 0 Å². The first kappa shape index (κ1) is 17.8. The molecule has 0 heterocycles. The van der Waals surface area contributed by atoms with Crippen LogP contribution in [0.3, 0.4) is 0 Å². The molecule has 0 fully saturated rings. The van der Waals surface area contributed by atoms with E-state index in [2.05, 4.69) is 55.5 Å². The zero-order valence-electron chi connectivity index (χ0n) is 14.4. The number of unbranched alkanes of at least 4 members (excludes halogenated alkanes) is 3. The smallest absolute Gasteiger partial charge is 0.118 e. The summed E-state index contributed by atoms with van der Waals surface area (Å²) in [6.07, 6.45) is 6.46. The minimum atomic E-state index is -0.313. The van der Waals surface area contributed by atoms with E-state index in [1.807, 2.05) is 0 Å². The van der Waals surface area contributed by atoms with Crippen LogP contribution in [0.15, 0.2) is 48.5 Å². The standard InChI is InChI=1S/C20H27O2P/c1-4-5-6-7-16-23(19-12-8-17(21-2)9-13-19)20-14-10-18(22-3)11-15-20/h8-15H,4-7,16H2,1-3H3. The highest BCUT2D eigenvalue weighted by Crippen LogP contribution is 2.36. The molecule has 2 aromatic carbocycles. The molecular formula is C20H27O2P. The van der Waals surface area contributed by atoms with E-state index >= 15 is 0 Å². The van der Waals surface area contributed by atoms with Crippen molar-refractivity contribution in [3.05, 3.63) is 48.5 Å². The molecule has 124 valence electrons. The van der Waals surface area contributed by atoms with Crippen LogP contribution in [0.4, 0.5) is 0 Å². The van der Waals surface area contributed by atoms with Gasteiger partial charge in [0.05, 0.1) is 14.2 Å². The Bertz CT molecular complexity index is 516. The van der Waals surface area contributed by atoms with Gasteiger partial charge < -0.3 is 9.47 Å². The summed E-state index contributed by atoms with van der Waals surface area (Å²) in [5.41, 5.74) is 0. The molecule has 2 rings (SSSR count). The van der Waals surface area contributed by atoms with Crippen LogP contribution in [0.25, 0.3) is 0 Å². The minimum Gasteiger partial charge on any atom is -0.497 e. The van der Waals surface area contributed by atoms with Gasteiger partial charge in [-0.1, -0.05) is 50.5 Å². The molecule has 3 heteroatoms. The number of methoxy groups -OCH3 is 2. The Hall–Kier alpha value is -1.53. The fourth-order valence-corrected chi connectivity index (χ4v) is 5.00. The largest absolute Gasteiger partial charge is 0.497 e. The molecule has 0 aromatic heterocycles. The van der Waals surface area contributed by atoms with Crippen molar-refractivity contribution in [1.82, 2.24) is 0 Å². The lowest BCUT2D eigenvalue weighted by Crippen LogP contribution is -2.14. The van der Waals surface area contributed by atoms with E-state index in [-0.39, 0.29) is 7.92 Å². The van der Waals surface area contributed by atoms with Crippen molar-refractivity contribution < 1.29 is 9.47 Å². The van der Waals surface area contributed by atoms with E-state index in [0.29, 0.717) is 0 Å². The Kier molecular flexibility index (Phi) is 7.42. The van der Waals surface area contributed by atoms with Gasteiger partial charge in [-0.25, -0.2) is 0 Å². The van der Waals surface area contributed by atoms with Crippen LogP contribution in [-0.2, 0) is 0 Å². The van der Waals surface area contributed by atoms with Gasteiger partial charge in [-0.15, -0.1) is 0 Å². The maximum absolute atomic E-state index is 5.29. The highest BCUT2D eigenvalue weighted by Gasteiger charge is 2.14. The summed E-state index contributed by atoms with van der Waals surface area (Å²) in [6.45, 7) is 2.26. The summed E-state index contributed by atoms with van der Waals surface area (Å²) in [4.78, 5) is 0. The number of benzene rings is 2. The maximum Gasteiger partial charge on any atom is 0.118 e. The van der Waals surface area contributed by atoms with Gasteiger partial charge in [-0.2, -0.15) is 0 Å². The lowest BCUT2D eigenvalue weighted by molar-refractivity contribution is 0.415. The van der Waals surface area contributed by atoms with Crippen LogP contribution < -0.4 is 20.1 Å². The lowest BCUT2D eigenvalue weighted by atomic mass is 10.2. The van der Waals surface area contributed by atoms with Gasteiger partial charge in [0.2, 0.25) is 0 Å². The van der Waals surface area contributed by atoms with Crippen molar-refractivity contribution in [3.63, 3.8) is 0 Å². The van der Waals surface area contributed by atoms with Crippen LogP contribution in [0.2, 0.25) is 0 Å². The third kappa shape index (κ3) is 5.25. The second-order valence-corrected chi connectivity index (χ2v) is 7.94. The summed E-state index contributed by atoms with van der Waals surface area (Å²) < 4.78 is 10.6. The first-order chi connectivity index (χ1) is 11.3. The Morgan fingerprint density at radius 2 is 1.17 bits per heavy atom. The van der Waals surface area contributed by atoms with Gasteiger partial charge in [0.15, 0.2) is 0 Å². The molecular weight excluding hydrogens is 303 g/mol. The van der Waals surface area contributed by atoms with Crippen molar-refractivity contribution >= 4 is 18.5 Å². The van der Waals surface area contributed by atoms with Gasteiger partial charge in [-0.05, 0) is 55.4 Å². The van der Waals surface area contributed by atoms with Crippen molar-refractivity contribution in [2.75, 3.05) is 20.4 Å². The third-order valence-electron chi connectivity index (χ3n) is 4.00. The Morgan fingerprint density at radius 3 is 1.57 bits per heavy atom. The molecule has 0 unspecified atom stereocenters. The molecule has 0 spiro atoms. The first-order valence-corrected chi connectivity index (χ1v) is 9.86. The van der Waals surface area contributed by atoms with Gasteiger partial charge >= 0.3 is 0 Å². The predicted molar refractivity (Wildman–Crippen MR) is 101 cm³/mol. The summed E-state index contributed by atoms with van der Waals surface area (Å²) in [5.74, 6) is 1.84. The van der Waals surface area contributed by atoms with Crippen molar-refractivity contribution in [2.24, 2.45) is 0 Å². The summed E-state index contributed by atoms with van der Waals surface area (Å²) in [5, 5.41) is 2.84. The number of rotatable bonds is 9. The molecule has 0 aliphatic heterocycles. The Balaban J connectivity index is 2.18. The monoisotopic (exact) mass is 330 g/mol. The Morgan fingerprint density at radius 1 is 0.696 bits per heavy atom. The molecule has 0 bridgehead atoms. The second-order valence-electron chi connectivity index (χ2n) is 5.61. The Labute approximate surface area is 141 Å². The zero-order chi connectivity index (χ0) is 16.5. The van der Waals surface area contributed by atoms with E-state index < -0.39 is 0 Å². The molecule has 0 atom stereocenters. The van der Waals surface area contributed by atoms with Crippen molar-refractivity contribution in [1.29, 1.82) is 0 Å². The van der Waals surface area contributed by atoms with Crippen LogP contribution in [0, 0.1) is 0 Å². The SMILES string of the molecule is CCCCCCP(c1ccc(OC)cc1)c1ccc(OC)cc1. The van der Waals surface area contributed by atoms with Crippen LogP contribution in [-0.4, -0.2) is 20.4 Å². The van der Waals surface area contributed by atoms with Gasteiger partial charge in [-0.3, -0.25) is 0 Å². The average Bonchev–Trinajstić information content (AvgIpc) is 2.62. The van der Waals surface area contributed by atoms with E-state index in [1.165, 1.54) is 42.5 Å². The quantitative estimate of drug-likeness (QED) is 0.489. The summed E-state index contributed by atoms with van der Waals surface area (Å²) in [6, 6.07) is 17.1. The molecule has 0 radical (unpaired) electrons. The average molecular weight is 330 g/mol. The molecule has 0 N–H and O–H groups in total. The van der Waals surface area contributed by atoms with Crippen LogP contribution in [0.5, 0.6) is 11.5 Å². The normalized spacial score (nSPS) is 10.8. The van der Waals surface area contributed by atoms with Gasteiger partial charge in [0.25, 0.3) is 0 Å². The minimum absolute atomic E-state index is 0.313. The second kappa shape index (κ2) is 9.57. The number of ether oxygens (including phenoxy) is 2. The molecule has 2 nitrogen and oxygen atoms in total. The summed E-state index contributed by atoms with van der Waals surface area (Å²) >= 11 is 0. The molecule has 0 aliphatic carbocycles. The lowest BCUT2D eigenvalue weighted by Gasteiger charge is -2.19. The zero-order valence-corrected chi connectivity index (χ0v) is 15.3. The highest BCUT2D eigenvalue weighted by molar-refractivity contribution is 7.73. The highest BCUT2D eigenvalue weighted by atomic mass is 31.1. The number of hydrogen-bond donors (Lipinski definition) is 0. The third-order valence-corrected chi connectivity index (χ3v) is 6.61. The fraction of sp³-hybridized carbons (Fsp3) is 0.400.